The van der Waals surface area contributed by atoms with E-state index in [1.54, 1.807) is 0 Å². The van der Waals surface area contributed by atoms with Crippen molar-refractivity contribution in [2.24, 2.45) is 0 Å². The fourth-order valence-corrected chi connectivity index (χ4v) is 0.349. The second-order valence-electron chi connectivity index (χ2n) is 1.63. The van der Waals surface area contributed by atoms with Gasteiger partial charge in [-0.3, -0.25) is 4.74 Å². The summed E-state index contributed by atoms with van der Waals surface area (Å²) in [6.07, 6.45) is 0. The molecule has 0 aromatic rings. The van der Waals surface area contributed by atoms with Crippen LogP contribution in [0.25, 0.3) is 0 Å². The second-order valence-corrected chi connectivity index (χ2v) is 2.35. The molecule has 4 heteroatoms. The van der Waals surface area contributed by atoms with Gasteiger partial charge in [0.2, 0.25) is 5.06 Å². The van der Waals surface area contributed by atoms with Crippen molar-refractivity contribution in [3.8, 4) is 0 Å². The van der Waals surface area contributed by atoms with Crippen LogP contribution in [0.4, 0.5) is 0 Å². The molecule has 0 aliphatic carbocycles. The molecule has 2 N–H and O–H groups in total. The van der Waals surface area contributed by atoms with Crippen LogP contribution < -0.4 is 0 Å². The van der Waals surface area contributed by atoms with Gasteiger partial charge < -0.3 is 10.2 Å². The quantitative estimate of drug-likeness (QED) is 0.263. The van der Waals surface area contributed by atoms with Crippen molar-refractivity contribution in [2.45, 2.75) is 18.0 Å². The molecule has 3 nitrogen and oxygen atoms in total. The van der Waals surface area contributed by atoms with Crippen LogP contribution in [0.5, 0.6) is 0 Å². The molecule has 0 aromatic carbocycles. The molecule has 1 aliphatic rings. The fourth-order valence-electron chi connectivity index (χ4n) is 0.242. The lowest BCUT2D eigenvalue weighted by Crippen LogP contribution is -2.15. The largest absolute Gasteiger partial charge is 0.340 e. The van der Waals surface area contributed by atoms with Crippen LogP contribution in [0.15, 0.2) is 0 Å². The molecule has 0 radical (unpaired) electrons. The first kappa shape index (κ1) is 5.31. The van der Waals surface area contributed by atoms with E-state index in [1.165, 1.54) is 6.92 Å². The zero-order chi connectivity index (χ0) is 5.71. The number of halogens is 1. The predicted molar refractivity (Wildman–Crippen MR) is 22.5 cm³/mol. The van der Waals surface area contributed by atoms with Gasteiger partial charge in [0.05, 0.1) is 0 Å². The van der Waals surface area contributed by atoms with Crippen molar-refractivity contribution in [3.63, 3.8) is 0 Å². The number of rotatable bonds is 0. The van der Waals surface area contributed by atoms with E-state index < -0.39 is 11.0 Å². The van der Waals surface area contributed by atoms with E-state index in [9.17, 15) is 0 Å². The van der Waals surface area contributed by atoms with Crippen LogP contribution in [0.3, 0.4) is 0 Å². The predicted octanol–water partition coefficient (Wildman–Crippen LogP) is -0.390. The highest BCUT2D eigenvalue weighted by Crippen LogP contribution is 2.46. The third-order valence-electron chi connectivity index (χ3n) is 0.874. The van der Waals surface area contributed by atoms with Crippen molar-refractivity contribution >= 4 is 11.6 Å². The summed E-state index contributed by atoms with van der Waals surface area (Å²) in [4.78, 5) is 0. The average molecular weight is 125 g/mol. The van der Waals surface area contributed by atoms with E-state index in [0.717, 1.165) is 0 Å². The Morgan fingerprint density at radius 3 is 1.71 bits per heavy atom. The molecule has 1 aliphatic heterocycles. The Bertz CT molecular complexity index is 86.4. The Hall–Kier alpha value is 0.170. The Morgan fingerprint density at radius 2 is 1.71 bits per heavy atom. The van der Waals surface area contributed by atoms with E-state index in [4.69, 9.17) is 21.8 Å². The highest BCUT2D eigenvalue weighted by molar-refractivity contribution is 6.24. The normalized spacial score (nSPS) is 46.3. The summed E-state index contributed by atoms with van der Waals surface area (Å²) in [6, 6.07) is 0. The van der Waals surface area contributed by atoms with E-state index >= 15 is 0 Å². The van der Waals surface area contributed by atoms with Gasteiger partial charge in [0.1, 0.15) is 0 Å². The first-order chi connectivity index (χ1) is 2.96. The molecule has 7 heavy (non-hydrogen) atoms. The third-order valence-corrected chi connectivity index (χ3v) is 1.20. The van der Waals surface area contributed by atoms with E-state index in [-0.39, 0.29) is 0 Å². The summed E-state index contributed by atoms with van der Waals surface area (Å²) in [5.41, 5.74) is 0. The first-order valence-electron chi connectivity index (χ1n) is 1.79. The SMILES string of the molecule is CC1(Cl)OC1(O)O. The zero-order valence-electron chi connectivity index (χ0n) is 3.68. The molecule has 1 atom stereocenters. The van der Waals surface area contributed by atoms with Gasteiger partial charge >= 0.3 is 5.97 Å². The minimum absolute atomic E-state index is 1.27. The number of aliphatic hydroxyl groups is 2. The molecule has 1 rings (SSSR count). The molecule has 0 spiro atoms. The summed E-state index contributed by atoms with van der Waals surface area (Å²) in [5, 5.41) is 15.5. The molecule has 42 valence electrons. The van der Waals surface area contributed by atoms with E-state index in [2.05, 4.69) is 4.74 Å². The van der Waals surface area contributed by atoms with Crippen molar-refractivity contribution in [2.75, 3.05) is 0 Å². The molecular formula is C3H5ClO3. The van der Waals surface area contributed by atoms with Gasteiger partial charge in [-0.05, 0) is 6.92 Å². The van der Waals surface area contributed by atoms with Crippen LogP contribution in [-0.4, -0.2) is 21.2 Å². The lowest BCUT2D eigenvalue weighted by atomic mass is 10.5. The van der Waals surface area contributed by atoms with Crippen LogP contribution in [0.2, 0.25) is 0 Å². The highest BCUT2D eigenvalue weighted by atomic mass is 35.5. The Labute approximate surface area is 45.5 Å². The smallest absolute Gasteiger partial charge is 0.325 e. The van der Waals surface area contributed by atoms with Gasteiger partial charge in [-0.1, -0.05) is 11.6 Å². The molecule has 1 fully saturated rings. The number of hydrogen-bond donors (Lipinski definition) is 2. The molecule has 0 amide bonds. The Morgan fingerprint density at radius 1 is 1.57 bits per heavy atom. The van der Waals surface area contributed by atoms with Crippen molar-refractivity contribution in [1.29, 1.82) is 0 Å². The van der Waals surface area contributed by atoms with E-state index in [1.807, 2.05) is 0 Å². The number of alkyl halides is 1. The molecule has 1 heterocycles. The monoisotopic (exact) mass is 124 g/mol. The molecule has 0 aromatic heterocycles. The standard InChI is InChI=1S/C3H5ClO3/c1-2(4)3(5,6)7-2/h5-6H,1H3. The zero-order valence-corrected chi connectivity index (χ0v) is 4.44. The number of ether oxygens (including phenoxy) is 1. The maximum atomic E-state index is 8.36. The van der Waals surface area contributed by atoms with Gasteiger partial charge in [0.15, 0.2) is 0 Å². The van der Waals surface area contributed by atoms with Gasteiger partial charge in [0, 0.05) is 0 Å². The topological polar surface area (TPSA) is 53.0 Å². The Balaban J connectivity index is 2.59. The van der Waals surface area contributed by atoms with Crippen molar-refractivity contribution in [3.05, 3.63) is 0 Å². The van der Waals surface area contributed by atoms with Gasteiger partial charge in [-0.25, -0.2) is 0 Å². The number of hydrogen-bond acceptors (Lipinski definition) is 3. The summed E-state index contributed by atoms with van der Waals surface area (Å²) in [5.74, 6) is -2.09. The van der Waals surface area contributed by atoms with Crippen LogP contribution in [0.1, 0.15) is 6.92 Å². The van der Waals surface area contributed by atoms with E-state index in [0.29, 0.717) is 0 Å². The van der Waals surface area contributed by atoms with Crippen molar-refractivity contribution in [1.82, 2.24) is 0 Å². The Kier molecular flexibility index (Phi) is 0.721. The maximum Gasteiger partial charge on any atom is 0.325 e. The highest BCUT2D eigenvalue weighted by Gasteiger charge is 2.66. The van der Waals surface area contributed by atoms with Gasteiger partial charge in [-0.15, -0.1) is 0 Å². The molecule has 1 saturated heterocycles. The molecule has 0 bridgehead atoms. The molecule has 0 saturated carbocycles. The van der Waals surface area contributed by atoms with Crippen molar-refractivity contribution < 1.29 is 14.9 Å². The summed E-state index contributed by atoms with van der Waals surface area (Å²) >= 11 is 5.21. The first-order valence-corrected chi connectivity index (χ1v) is 2.17. The summed E-state index contributed by atoms with van der Waals surface area (Å²) < 4.78 is 4.17. The molecular weight excluding hydrogens is 119 g/mol. The van der Waals surface area contributed by atoms with Crippen LogP contribution >= 0.6 is 11.6 Å². The fraction of sp³-hybridized carbons (Fsp3) is 1.00. The van der Waals surface area contributed by atoms with Gasteiger partial charge in [-0.2, -0.15) is 0 Å². The molecule has 1 unspecified atom stereocenters. The van der Waals surface area contributed by atoms with Gasteiger partial charge in [0.25, 0.3) is 0 Å². The lowest BCUT2D eigenvalue weighted by Gasteiger charge is -1.90. The number of epoxide rings is 1. The third kappa shape index (κ3) is 0.619. The lowest BCUT2D eigenvalue weighted by molar-refractivity contribution is -0.150. The minimum Gasteiger partial charge on any atom is -0.340 e. The summed E-state index contributed by atoms with van der Waals surface area (Å²) in [7, 11) is 0. The maximum absolute atomic E-state index is 8.36. The second kappa shape index (κ2) is 0.951. The summed E-state index contributed by atoms with van der Waals surface area (Å²) in [6.45, 7) is 1.37. The minimum atomic E-state index is -2.09. The average Bonchev–Trinajstić information content (AvgIpc) is 1.63. The van der Waals surface area contributed by atoms with Crippen LogP contribution in [-0.2, 0) is 4.74 Å². The van der Waals surface area contributed by atoms with Crippen LogP contribution in [0, 0.1) is 0 Å².